The number of amides is 1. The Morgan fingerprint density at radius 1 is 1.28 bits per heavy atom. The number of fused-ring (bicyclic) bond motifs is 3. The Morgan fingerprint density at radius 3 is 2.92 bits per heavy atom. The highest BCUT2D eigenvalue weighted by Crippen LogP contribution is 2.30. The van der Waals surface area contributed by atoms with E-state index in [1.54, 1.807) is 25.1 Å². The fourth-order valence-electron chi connectivity index (χ4n) is 3.10. The number of rotatable bonds is 4. The Kier molecular flexibility index (Phi) is 3.76. The lowest BCUT2D eigenvalue weighted by Crippen LogP contribution is -2.20. The van der Waals surface area contributed by atoms with E-state index in [1.165, 1.54) is 0 Å². The van der Waals surface area contributed by atoms with Gasteiger partial charge >= 0.3 is 5.63 Å². The summed E-state index contributed by atoms with van der Waals surface area (Å²) in [5.41, 5.74) is 2.07. The first-order chi connectivity index (χ1) is 12.1. The molecule has 0 unspecified atom stereocenters. The molecule has 0 saturated heterocycles. The van der Waals surface area contributed by atoms with E-state index in [0.717, 1.165) is 35.8 Å². The summed E-state index contributed by atoms with van der Waals surface area (Å²) in [5, 5.41) is 7.16. The summed E-state index contributed by atoms with van der Waals surface area (Å²) in [6, 6.07) is 6.82. The second kappa shape index (κ2) is 6.08. The first-order valence-electron chi connectivity index (χ1n) is 8.05. The van der Waals surface area contributed by atoms with Crippen LogP contribution in [0.3, 0.4) is 0 Å². The van der Waals surface area contributed by atoms with Gasteiger partial charge in [-0.05, 0) is 49.9 Å². The van der Waals surface area contributed by atoms with Crippen LogP contribution in [-0.2, 0) is 17.6 Å². The van der Waals surface area contributed by atoms with Crippen LogP contribution in [0.2, 0.25) is 0 Å². The molecule has 4 rings (SSSR count). The van der Waals surface area contributed by atoms with Crippen LogP contribution >= 0.6 is 0 Å². The molecule has 0 fully saturated rings. The zero-order valence-electron chi connectivity index (χ0n) is 13.6. The minimum Gasteiger partial charge on any atom is -0.484 e. The molecule has 0 radical (unpaired) electrons. The Hall–Kier alpha value is -3.09. The number of nitrogens with zero attached hydrogens (tertiary/aromatic N) is 1. The summed E-state index contributed by atoms with van der Waals surface area (Å²) in [6.45, 7) is 1.58. The Balaban J connectivity index is 1.51. The second-order valence-electron chi connectivity index (χ2n) is 6.02. The molecule has 0 atom stereocenters. The van der Waals surface area contributed by atoms with E-state index < -0.39 is 0 Å². The monoisotopic (exact) mass is 340 g/mol. The molecule has 1 amide bonds. The number of hydrogen-bond acceptors (Lipinski definition) is 6. The Bertz CT molecular complexity index is 1020. The minimum absolute atomic E-state index is 0.156. The van der Waals surface area contributed by atoms with Gasteiger partial charge in [0.05, 0.1) is 0 Å². The first kappa shape index (κ1) is 15.4. The van der Waals surface area contributed by atoms with Crippen LogP contribution in [0, 0.1) is 6.92 Å². The van der Waals surface area contributed by atoms with E-state index in [-0.39, 0.29) is 18.1 Å². The van der Waals surface area contributed by atoms with Crippen molar-refractivity contribution in [2.45, 2.75) is 26.2 Å². The van der Waals surface area contributed by atoms with Crippen LogP contribution in [0.4, 0.5) is 5.82 Å². The van der Waals surface area contributed by atoms with Crippen molar-refractivity contribution >= 4 is 22.7 Å². The van der Waals surface area contributed by atoms with E-state index >= 15 is 0 Å². The van der Waals surface area contributed by atoms with Crippen LogP contribution in [0.15, 0.2) is 38.0 Å². The number of benzene rings is 1. The minimum atomic E-state index is -0.335. The lowest BCUT2D eigenvalue weighted by Gasteiger charge is -2.08. The number of aromatic nitrogens is 1. The SMILES string of the molecule is Cc1cc(NC(=O)COc2ccc3oc(=O)c4c(c3c2)CCC4)no1. The summed E-state index contributed by atoms with van der Waals surface area (Å²) in [7, 11) is 0. The third kappa shape index (κ3) is 3.00. The van der Waals surface area contributed by atoms with Crippen molar-refractivity contribution in [3.63, 3.8) is 0 Å². The normalized spacial score (nSPS) is 13.0. The van der Waals surface area contributed by atoms with Crippen molar-refractivity contribution < 1.29 is 18.5 Å². The molecular formula is C18H16N2O5. The smallest absolute Gasteiger partial charge is 0.339 e. The number of carbonyl (C=O) groups is 1. The molecule has 1 aliphatic rings. The van der Waals surface area contributed by atoms with Crippen LogP contribution in [0.1, 0.15) is 23.3 Å². The third-order valence-corrected chi connectivity index (χ3v) is 4.21. The van der Waals surface area contributed by atoms with Gasteiger partial charge in [-0.1, -0.05) is 5.16 Å². The molecule has 128 valence electrons. The van der Waals surface area contributed by atoms with Crippen LogP contribution in [-0.4, -0.2) is 17.7 Å². The molecule has 1 N–H and O–H groups in total. The number of ether oxygens (including phenoxy) is 1. The fraction of sp³-hybridized carbons (Fsp3) is 0.278. The van der Waals surface area contributed by atoms with Crippen LogP contribution in [0.25, 0.3) is 11.0 Å². The molecule has 1 aromatic carbocycles. The predicted molar refractivity (Wildman–Crippen MR) is 89.9 cm³/mol. The molecule has 0 saturated carbocycles. The average Bonchev–Trinajstić information content (AvgIpc) is 3.23. The topological polar surface area (TPSA) is 94.6 Å². The molecule has 2 aromatic heterocycles. The maximum atomic E-state index is 11.9. The summed E-state index contributed by atoms with van der Waals surface area (Å²) >= 11 is 0. The van der Waals surface area contributed by atoms with E-state index in [0.29, 0.717) is 22.9 Å². The number of hydrogen-bond donors (Lipinski definition) is 1. The zero-order chi connectivity index (χ0) is 17.4. The van der Waals surface area contributed by atoms with Gasteiger partial charge in [0.1, 0.15) is 17.1 Å². The van der Waals surface area contributed by atoms with Gasteiger partial charge in [0.25, 0.3) is 5.91 Å². The van der Waals surface area contributed by atoms with Crippen LogP contribution in [0.5, 0.6) is 5.75 Å². The first-order valence-corrected chi connectivity index (χ1v) is 8.05. The van der Waals surface area contributed by atoms with Crippen molar-refractivity contribution in [2.75, 3.05) is 11.9 Å². The van der Waals surface area contributed by atoms with E-state index in [1.807, 2.05) is 6.07 Å². The highest BCUT2D eigenvalue weighted by atomic mass is 16.5. The lowest BCUT2D eigenvalue weighted by atomic mass is 10.1. The highest BCUT2D eigenvalue weighted by Gasteiger charge is 2.20. The van der Waals surface area contributed by atoms with Gasteiger partial charge in [0, 0.05) is 17.0 Å². The largest absolute Gasteiger partial charge is 0.484 e. The number of nitrogens with one attached hydrogen (secondary N) is 1. The maximum absolute atomic E-state index is 11.9. The molecule has 7 nitrogen and oxygen atoms in total. The summed E-state index contributed by atoms with van der Waals surface area (Å²) in [6.07, 6.45) is 2.55. The van der Waals surface area contributed by atoms with Crippen molar-refractivity contribution in [3.05, 3.63) is 51.6 Å². The van der Waals surface area contributed by atoms with E-state index in [2.05, 4.69) is 10.5 Å². The molecule has 3 aromatic rings. The lowest BCUT2D eigenvalue weighted by molar-refractivity contribution is -0.118. The summed E-state index contributed by atoms with van der Waals surface area (Å²) in [5.74, 6) is 1.17. The molecular weight excluding hydrogens is 324 g/mol. The molecule has 2 heterocycles. The quantitative estimate of drug-likeness (QED) is 0.734. The van der Waals surface area contributed by atoms with Crippen molar-refractivity contribution in [1.29, 1.82) is 0 Å². The summed E-state index contributed by atoms with van der Waals surface area (Å²) < 4.78 is 15.8. The Labute approximate surface area is 142 Å². The van der Waals surface area contributed by atoms with Crippen molar-refractivity contribution in [3.8, 4) is 5.75 Å². The predicted octanol–water partition coefficient (Wildman–Crippen LogP) is 2.60. The van der Waals surface area contributed by atoms with Gasteiger partial charge < -0.3 is 19.0 Å². The van der Waals surface area contributed by atoms with E-state index in [4.69, 9.17) is 13.7 Å². The zero-order valence-corrected chi connectivity index (χ0v) is 13.6. The molecule has 0 spiro atoms. The third-order valence-electron chi connectivity index (χ3n) is 4.21. The molecule has 1 aliphatic carbocycles. The van der Waals surface area contributed by atoms with Gasteiger partial charge in [-0.25, -0.2) is 4.79 Å². The van der Waals surface area contributed by atoms with Gasteiger partial charge in [-0.2, -0.15) is 0 Å². The molecule has 0 bridgehead atoms. The Morgan fingerprint density at radius 2 is 2.12 bits per heavy atom. The summed E-state index contributed by atoms with van der Waals surface area (Å²) in [4.78, 5) is 23.8. The maximum Gasteiger partial charge on any atom is 0.339 e. The molecule has 0 aliphatic heterocycles. The van der Waals surface area contributed by atoms with Gasteiger partial charge in [0.15, 0.2) is 12.4 Å². The highest BCUT2D eigenvalue weighted by molar-refractivity contribution is 5.91. The average molecular weight is 340 g/mol. The molecule has 7 heteroatoms. The second-order valence-corrected chi connectivity index (χ2v) is 6.02. The number of aryl methyl sites for hydroxylation is 2. The van der Waals surface area contributed by atoms with Crippen molar-refractivity contribution in [1.82, 2.24) is 5.16 Å². The van der Waals surface area contributed by atoms with Crippen LogP contribution < -0.4 is 15.7 Å². The van der Waals surface area contributed by atoms with Gasteiger partial charge in [-0.15, -0.1) is 0 Å². The number of carbonyl (C=O) groups excluding carboxylic acids is 1. The van der Waals surface area contributed by atoms with E-state index in [9.17, 15) is 9.59 Å². The fourth-order valence-corrected chi connectivity index (χ4v) is 3.10. The van der Waals surface area contributed by atoms with Crippen molar-refractivity contribution in [2.24, 2.45) is 0 Å². The number of anilines is 1. The van der Waals surface area contributed by atoms with Gasteiger partial charge in [-0.3, -0.25) is 4.79 Å². The molecule has 25 heavy (non-hydrogen) atoms. The standard InChI is InChI=1S/C18H16N2O5/c1-10-7-16(20-25-10)19-17(21)9-23-11-5-6-15-14(8-11)12-3-2-4-13(12)18(22)24-15/h5-8H,2-4,9H2,1H3,(H,19,20,21). The van der Waals surface area contributed by atoms with Gasteiger partial charge in [0.2, 0.25) is 0 Å².